The molecule has 0 spiro atoms. The summed E-state index contributed by atoms with van der Waals surface area (Å²) in [6.45, 7) is 1.52. The Kier molecular flexibility index (Phi) is 7.94. The largest absolute Gasteiger partial charge is 0.453 e. The first-order valence-electron chi connectivity index (χ1n) is 11.4. The third-order valence-electron chi connectivity index (χ3n) is 6.09. The maximum absolute atomic E-state index is 11.4. The van der Waals surface area contributed by atoms with Crippen LogP contribution in [0.1, 0.15) is 37.1 Å². The average Bonchev–Trinajstić information content (AvgIpc) is 2.85. The first kappa shape index (κ1) is 23.2. The number of rotatable bonds is 7. The highest BCUT2D eigenvalue weighted by atomic mass is 79.9. The lowest BCUT2D eigenvalue weighted by molar-refractivity contribution is 0.165. The SMILES string of the molecule is COC(=O)NCC1CCCC(CNc2nc(C=Cc3ccc(Br)cc3)nc3ccccc23)C1. The van der Waals surface area contributed by atoms with Gasteiger partial charge in [-0.05, 0) is 67.0 Å². The number of nitrogens with zero attached hydrogens (tertiary/aromatic N) is 2. The molecule has 7 heteroatoms. The molecule has 1 aromatic heterocycles. The van der Waals surface area contributed by atoms with Crippen LogP contribution in [-0.4, -0.2) is 36.3 Å². The zero-order valence-corrected chi connectivity index (χ0v) is 20.3. The fourth-order valence-corrected chi connectivity index (χ4v) is 4.63. The standard InChI is InChI=1S/C26H29BrN4O2/c1-33-26(32)29-17-20-6-4-5-19(15-20)16-28-25-22-7-2-3-8-23(22)30-24(31-25)14-11-18-9-12-21(27)13-10-18/h2-3,7-14,19-20H,4-6,15-17H2,1H3,(H,29,32)(H,28,30,31). The number of anilines is 1. The minimum absolute atomic E-state index is 0.355. The van der Waals surface area contributed by atoms with Crippen molar-refractivity contribution in [1.29, 1.82) is 0 Å². The molecule has 1 fully saturated rings. The summed E-state index contributed by atoms with van der Waals surface area (Å²) in [5, 5.41) is 7.47. The topological polar surface area (TPSA) is 76.1 Å². The fraction of sp³-hybridized carbons (Fsp3) is 0.346. The van der Waals surface area contributed by atoms with Crippen molar-refractivity contribution in [2.24, 2.45) is 11.8 Å². The minimum Gasteiger partial charge on any atom is -0.453 e. The lowest BCUT2D eigenvalue weighted by atomic mass is 9.81. The van der Waals surface area contributed by atoms with Gasteiger partial charge in [-0.15, -0.1) is 0 Å². The van der Waals surface area contributed by atoms with Crippen molar-refractivity contribution >= 4 is 50.9 Å². The van der Waals surface area contributed by atoms with E-state index in [4.69, 9.17) is 14.7 Å². The van der Waals surface area contributed by atoms with E-state index < -0.39 is 0 Å². The van der Waals surface area contributed by atoms with Gasteiger partial charge in [-0.3, -0.25) is 0 Å². The van der Waals surface area contributed by atoms with E-state index in [1.165, 1.54) is 20.0 Å². The van der Waals surface area contributed by atoms with Gasteiger partial charge >= 0.3 is 6.09 Å². The monoisotopic (exact) mass is 508 g/mol. The molecule has 0 bridgehead atoms. The van der Waals surface area contributed by atoms with Gasteiger partial charge in [0, 0.05) is 22.9 Å². The average molecular weight is 509 g/mol. The molecule has 1 heterocycles. The van der Waals surface area contributed by atoms with Crippen LogP contribution in [0.15, 0.2) is 53.0 Å². The molecular weight excluding hydrogens is 480 g/mol. The summed E-state index contributed by atoms with van der Waals surface area (Å²) in [6, 6.07) is 16.2. The summed E-state index contributed by atoms with van der Waals surface area (Å²) in [6.07, 6.45) is 8.20. The lowest BCUT2D eigenvalue weighted by Gasteiger charge is -2.29. The second kappa shape index (κ2) is 11.3. The number of nitrogens with one attached hydrogen (secondary N) is 2. The number of hydrogen-bond acceptors (Lipinski definition) is 5. The van der Waals surface area contributed by atoms with E-state index in [0.29, 0.717) is 24.2 Å². The lowest BCUT2D eigenvalue weighted by Crippen LogP contribution is -2.33. The van der Waals surface area contributed by atoms with Crippen molar-refractivity contribution in [1.82, 2.24) is 15.3 Å². The van der Waals surface area contributed by atoms with Crippen LogP contribution >= 0.6 is 15.9 Å². The number of methoxy groups -OCH3 is 1. The van der Waals surface area contributed by atoms with E-state index in [1.54, 1.807) is 0 Å². The van der Waals surface area contributed by atoms with Gasteiger partial charge < -0.3 is 15.4 Å². The molecule has 4 rings (SSSR count). The van der Waals surface area contributed by atoms with Gasteiger partial charge in [0.1, 0.15) is 5.82 Å². The highest BCUT2D eigenvalue weighted by Gasteiger charge is 2.22. The molecule has 2 atom stereocenters. The van der Waals surface area contributed by atoms with Gasteiger partial charge in [0.2, 0.25) is 0 Å². The van der Waals surface area contributed by atoms with Crippen molar-refractivity contribution in [2.45, 2.75) is 25.7 Å². The number of para-hydroxylation sites is 1. The van der Waals surface area contributed by atoms with Crippen molar-refractivity contribution in [2.75, 3.05) is 25.5 Å². The van der Waals surface area contributed by atoms with Gasteiger partial charge in [0.05, 0.1) is 12.6 Å². The quantitative estimate of drug-likeness (QED) is 0.400. The Morgan fingerprint density at radius 2 is 1.82 bits per heavy atom. The van der Waals surface area contributed by atoms with Crippen LogP contribution in [0, 0.1) is 11.8 Å². The Balaban J connectivity index is 1.45. The third-order valence-corrected chi connectivity index (χ3v) is 6.61. The Bertz CT molecular complexity index is 1120. The number of hydrogen-bond donors (Lipinski definition) is 2. The number of halogens is 1. The molecule has 0 saturated heterocycles. The molecule has 2 N–H and O–H groups in total. The Hall–Kier alpha value is -2.93. The molecule has 1 amide bonds. The maximum Gasteiger partial charge on any atom is 0.406 e. The van der Waals surface area contributed by atoms with E-state index in [2.05, 4.69) is 44.8 Å². The maximum atomic E-state index is 11.4. The molecule has 1 saturated carbocycles. The molecule has 172 valence electrons. The number of carbonyl (C=O) groups excluding carboxylic acids is 1. The van der Waals surface area contributed by atoms with Crippen molar-refractivity contribution in [3.63, 3.8) is 0 Å². The van der Waals surface area contributed by atoms with Crippen LogP contribution in [0.5, 0.6) is 0 Å². The van der Waals surface area contributed by atoms with E-state index in [-0.39, 0.29) is 6.09 Å². The summed E-state index contributed by atoms with van der Waals surface area (Å²) < 4.78 is 5.75. The van der Waals surface area contributed by atoms with Gasteiger partial charge in [0.15, 0.2) is 5.82 Å². The number of fused-ring (bicyclic) bond motifs is 1. The Labute approximate surface area is 203 Å². The van der Waals surface area contributed by atoms with Gasteiger partial charge in [0.25, 0.3) is 0 Å². The predicted octanol–water partition coefficient (Wildman–Crippen LogP) is 6.14. The van der Waals surface area contributed by atoms with Gasteiger partial charge in [-0.1, -0.05) is 52.7 Å². The van der Waals surface area contributed by atoms with Crippen LogP contribution < -0.4 is 10.6 Å². The highest BCUT2D eigenvalue weighted by Crippen LogP contribution is 2.30. The fourth-order valence-electron chi connectivity index (χ4n) is 4.36. The number of ether oxygens (including phenoxy) is 1. The zero-order valence-electron chi connectivity index (χ0n) is 18.8. The van der Waals surface area contributed by atoms with Crippen LogP contribution in [0.25, 0.3) is 23.1 Å². The number of carbonyl (C=O) groups is 1. The molecule has 0 radical (unpaired) electrons. The number of alkyl carbamates (subject to hydrolysis) is 1. The van der Waals surface area contributed by atoms with Crippen LogP contribution in [0.2, 0.25) is 0 Å². The predicted molar refractivity (Wildman–Crippen MR) is 137 cm³/mol. The number of benzene rings is 2. The molecule has 2 aromatic carbocycles. The van der Waals surface area contributed by atoms with E-state index in [0.717, 1.165) is 46.1 Å². The summed E-state index contributed by atoms with van der Waals surface area (Å²) in [5.41, 5.74) is 2.02. The Morgan fingerprint density at radius 1 is 1.06 bits per heavy atom. The van der Waals surface area contributed by atoms with Gasteiger partial charge in [-0.25, -0.2) is 14.8 Å². The number of aromatic nitrogens is 2. The highest BCUT2D eigenvalue weighted by molar-refractivity contribution is 9.10. The molecule has 1 aliphatic carbocycles. The van der Waals surface area contributed by atoms with Crippen LogP contribution in [0.3, 0.4) is 0 Å². The summed E-state index contributed by atoms with van der Waals surface area (Å²) in [7, 11) is 1.40. The van der Waals surface area contributed by atoms with Crippen molar-refractivity contribution in [3.05, 3.63) is 64.4 Å². The van der Waals surface area contributed by atoms with Crippen LogP contribution in [0.4, 0.5) is 10.6 Å². The molecular formula is C26H29BrN4O2. The molecule has 1 aliphatic rings. The normalized spacial score (nSPS) is 18.4. The first-order chi connectivity index (χ1) is 16.1. The Morgan fingerprint density at radius 3 is 2.61 bits per heavy atom. The summed E-state index contributed by atoms with van der Waals surface area (Å²) in [5.74, 6) is 2.57. The summed E-state index contributed by atoms with van der Waals surface area (Å²) in [4.78, 5) is 20.9. The van der Waals surface area contributed by atoms with E-state index in [1.807, 2.05) is 42.5 Å². The first-order valence-corrected chi connectivity index (χ1v) is 12.2. The molecule has 0 aliphatic heterocycles. The third kappa shape index (κ3) is 6.54. The van der Waals surface area contributed by atoms with Crippen molar-refractivity contribution in [3.8, 4) is 0 Å². The molecule has 33 heavy (non-hydrogen) atoms. The molecule has 3 aromatic rings. The smallest absolute Gasteiger partial charge is 0.406 e. The minimum atomic E-state index is -0.355. The molecule has 6 nitrogen and oxygen atoms in total. The van der Waals surface area contributed by atoms with Gasteiger partial charge in [-0.2, -0.15) is 0 Å². The van der Waals surface area contributed by atoms with E-state index >= 15 is 0 Å². The number of amides is 1. The second-order valence-corrected chi connectivity index (χ2v) is 9.40. The summed E-state index contributed by atoms with van der Waals surface area (Å²) >= 11 is 3.47. The zero-order chi connectivity index (χ0) is 23.0. The molecule has 2 unspecified atom stereocenters. The second-order valence-electron chi connectivity index (χ2n) is 8.48. The van der Waals surface area contributed by atoms with Crippen LogP contribution in [-0.2, 0) is 4.74 Å². The van der Waals surface area contributed by atoms with Crippen molar-refractivity contribution < 1.29 is 9.53 Å². The van der Waals surface area contributed by atoms with E-state index in [9.17, 15) is 4.79 Å².